The van der Waals surface area contributed by atoms with Crippen LogP contribution in [0.3, 0.4) is 0 Å². The zero-order valence-corrected chi connectivity index (χ0v) is 17.2. The van der Waals surface area contributed by atoms with Gasteiger partial charge in [-0.3, -0.25) is 4.79 Å². The van der Waals surface area contributed by atoms with Gasteiger partial charge in [-0.25, -0.2) is 0 Å². The Balaban J connectivity index is 3.42. The molecule has 0 heterocycles. The lowest BCUT2D eigenvalue weighted by atomic mass is 10.1. The second-order valence-corrected chi connectivity index (χ2v) is 7.00. The number of hydrogen-bond acceptors (Lipinski definition) is 4. The Bertz CT molecular complexity index is 328. The van der Waals surface area contributed by atoms with Crippen molar-refractivity contribution in [3.05, 3.63) is 12.2 Å². The number of allylic oxidation sites excluding steroid dienone is 2. The first-order chi connectivity index (χ1) is 12.7. The van der Waals surface area contributed by atoms with E-state index >= 15 is 0 Å². The summed E-state index contributed by atoms with van der Waals surface area (Å²) in [4.78, 5) is 11.6. The van der Waals surface area contributed by atoms with Gasteiger partial charge in [0.2, 0.25) is 0 Å². The molecule has 0 aromatic rings. The summed E-state index contributed by atoms with van der Waals surface area (Å²) in [5, 5.41) is 9.28. The second kappa shape index (κ2) is 20.4. The van der Waals surface area contributed by atoms with Crippen LogP contribution in [0.1, 0.15) is 97.3 Å². The molecule has 0 aliphatic heterocycles. The van der Waals surface area contributed by atoms with Crippen LogP contribution in [0.2, 0.25) is 0 Å². The first kappa shape index (κ1) is 25.1. The molecule has 26 heavy (non-hydrogen) atoms. The van der Waals surface area contributed by atoms with E-state index in [2.05, 4.69) is 26.0 Å². The number of esters is 1. The molecule has 0 aromatic heterocycles. The molecule has 0 fully saturated rings. The zero-order valence-electron chi connectivity index (χ0n) is 17.2. The quantitative estimate of drug-likeness (QED) is 0.183. The maximum atomic E-state index is 11.6. The predicted molar refractivity (Wildman–Crippen MR) is 108 cm³/mol. The van der Waals surface area contributed by atoms with E-state index in [4.69, 9.17) is 9.47 Å². The molecule has 0 aliphatic rings. The average Bonchev–Trinajstić information content (AvgIpc) is 2.64. The van der Waals surface area contributed by atoms with Crippen molar-refractivity contribution in [1.29, 1.82) is 0 Å². The maximum Gasteiger partial charge on any atom is 0.306 e. The van der Waals surface area contributed by atoms with E-state index in [1.54, 1.807) is 0 Å². The number of rotatable bonds is 19. The number of carbonyl (C=O) groups excluding carboxylic acids is 1. The fourth-order valence-electron chi connectivity index (χ4n) is 2.68. The highest BCUT2D eigenvalue weighted by Crippen LogP contribution is 2.08. The Morgan fingerprint density at radius 2 is 1.58 bits per heavy atom. The van der Waals surface area contributed by atoms with E-state index in [1.165, 1.54) is 51.4 Å². The molecular formula is C22H42O4. The summed E-state index contributed by atoms with van der Waals surface area (Å²) >= 11 is 0. The number of hydrogen-bond donors (Lipinski definition) is 1. The summed E-state index contributed by atoms with van der Waals surface area (Å²) in [5.41, 5.74) is 0. The van der Waals surface area contributed by atoms with Crippen molar-refractivity contribution in [3.63, 3.8) is 0 Å². The normalized spacial score (nSPS) is 12.6. The minimum absolute atomic E-state index is 0.174. The smallest absolute Gasteiger partial charge is 0.306 e. The number of aliphatic hydroxyl groups excluding tert-OH is 1. The topological polar surface area (TPSA) is 55.8 Å². The summed E-state index contributed by atoms with van der Waals surface area (Å²) in [6.07, 6.45) is 18.4. The van der Waals surface area contributed by atoms with Crippen LogP contribution < -0.4 is 0 Å². The molecule has 0 rings (SSSR count). The molecule has 4 nitrogen and oxygen atoms in total. The van der Waals surface area contributed by atoms with Gasteiger partial charge in [-0.1, -0.05) is 70.9 Å². The SMILES string of the molecule is CCC/C=C\CCCCCCCCOCC(CO)OC(=O)CCCCC. The van der Waals surface area contributed by atoms with E-state index in [-0.39, 0.29) is 12.6 Å². The van der Waals surface area contributed by atoms with Crippen molar-refractivity contribution in [2.24, 2.45) is 0 Å². The van der Waals surface area contributed by atoms with Crippen LogP contribution in [0.5, 0.6) is 0 Å². The highest BCUT2D eigenvalue weighted by Gasteiger charge is 2.13. The van der Waals surface area contributed by atoms with Gasteiger partial charge in [-0.05, 0) is 32.1 Å². The van der Waals surface area contributed by atoms with E-state index in [0.29, 0.717) is 19.6 Å². The number of unbranched alkanes of at least 4 members (excludes halogenated alkanes) is 9. The van der Waals surface area contributed by atoms with Crippen LogP contribution in [0.15, 0.2) is 12.2 Å². The van der Waals surface area contributed by atoms with Crippen LogP contribution >= 0.6 is 0 Å². The molecule has 0 saturated carbocycles. The summed E-state index contributed by atoms with van der Waals surface area (Å²) in [7, 11) is 0. The third-order valence-corrected chi connectivity index (χ3v) is 4.32. The third kappa shape index (κ3) is 17.9. The van der Waals surface area contributed by atoms with Gasteiger partial charge in [0.05, 0.1) is 13.2 Å². The lowest BCUT2D eigenvalue weighted by Gasteiger charge is -2.15. The van der Waals surface area contributed by atoms with Crippen molar-refractivity contribution >= 4 is 5.97 Å². The maximum absolute atomic E-state index is 11.6. The number of ether oxygens (including phenoxy) is 2. The van der Waals surface area contributed by atoms with Gasteiger partial charge in [-0.2, -0.15) is 0 Å². The van der Waals surface area contributed by atoms with Crippen molar-refractivity contribution in [1.82, 2.24) is 0 Å². The Labute approximate surface area is 161 Å². The van der Waals surface area contributed by atoms with Crippen LogP contribution in [0, 0.1) is 0 Å². The fourth-order valence-corrected chi connectivity index (χ4v) is 2.68. The molecule has 1 unspecified atom stereocenters. The van der Waals surface area contributed by atoms with Crippen LogP contribution in [0.25, 0.3) is 0 Å². The molecule has 0 bridgehead atoms. The van der Waals surface area contributed by atoms with Gasteiger partial charge in [0.25, 0.3) is 0 Å². The lowest BCUT2D eigenvalue weighted by molar-refractivity contribution is -0.154. The molecule has 0 aliphatic carbocycles. The Hall–Kier alpha value is -0.870. The Morgan fingerprint density at radius 1 is 0.885 bits per heavy atom. The molecule has 0 spiro atoms. The van der Waals surface area contributed by atoms with E-state index in [0.717, 1.165) is 25.7 Å². The van der Waals surface area contributed by atoms with Crippen molar-refractivity contribution in [2.45, 2.75) is 103 Å². The van der Waals surface area contributed by atoms with Gasteiger partial charge in [0, 0.05) is 13.0 Å². The van der Waals surface area contributed by atoms with Gasteiger partial charge in [0.15, 0.2) is 0 Å². The summed E-state index contributed by atoms with van der Waals surface area (Å²) < 4.78 is 10.8. The minimum atomic E-state index is -0.523. The number of aliphatic hydroxyl groups is 1. The van der Waals surface area contributed by atoms with Gasteiger partial charge < -0.3 is 14.6 Å². The number of carbonyl (C=O) groups is 1. The van der Waals surface area contributed by atoms with Gasteiger partial charge >= 0.3 is 5.97 Å². The summed E-state index contributed by atoms with van der Waals surface area (Å²) in [6.45, 7) is 5.09. The molecule has 0 aromatic carbocycles. The Kier molecular flexibility index (Phi) is 19.8. The van der Waals surface area contributed by atoms with Gasteiger partial charge in [0.1, 0.15) is 6.10 Å². The van der Waals surface area contributed by atoms with Crippen LogP contribution in [0.4, 0.5) is 0 Å². The molecule has 0 amide bonds. The van der Waals surface area contributed by atoms with E-state index in [1.807, 2.05) is 0 Å². The first-order valence-corrected chi connectivity index (χ1v) is 10.8. The molecule has 0 saturated heterocycles. The third-order valence-electron chi connectivity index (χ3n) is 4.32. The van der Waals surface area contributed by atoms with E-state index in [9.17, 15) is 9.90 Å². The fraction of sp³-hybridized carbons (Fsp3) is 0.864. The van der Waals surface area contributed by atoms with Crippen molar-refractivity contribution in [3.8, 4) is 0 Å². The minimum Gasteiger partial charge on any atom is -0.457 e. The molecule has 0 radical (unpaired) electrons. The predicted octanol–water partition coefficient (Wildman–Crippen LogP) is 5.57. The van der Waals surface area contributed by atoms with Crippen molar-refractivity contribution < 1.29 is 19.4 Å². The second-order valence-electron chi connectivity index (χ2n) is 7.00. The van der Waals surface area contributed by atoms with Gasteiger partial charge in [-0.15, -0.1) is 0 Å². The average molecular weight is 371 g/mol. The Morgan fingerprint density at radius 3 is 2.27 bits per heavy atom. The molecule has 1 atom stereocenters. The lowest BCUT2D eigenvalue weighted by Crippen LogP contribution is -2.27. The highest BCUT2D eigenvalue weighted by molar-refractivity contribution is 5.69. The molecule has 154 valence electrons. The van der Waals surface area contributed by atoms with Crippen molar-refractivity contribution in [2.75, 3.05) is 19.8 Å². The van der Waals surface area contributed by atoms with Crippen LogP contribution in [-0.2, 0) is 14.3 Å². The standard InChI is InChI=1S/C22H42O4/c1-3-5-7-8-9-10-11-12-13-14-16-18-25-20-21(19-23)26-22(24)17-15-6-4-2/h7-8,21,23H,3-6,9-20H2,1-2H3/b8-7-. The largest absolute Gasteiger partial charge is 0.457 e. The molecular weight excluding hydrogens is 328 g/mol. The molecule has 1 N–H and O–H groups in total. The monoisotopic (exact) mass is 370 g/mol. The summed E-state index contributed by atoms with van der Waals surface area (Å²) in [6, 6.07) is 0. The zero-order chi connectivity index (χ0) is 19.3. The molecule has 4 heteroatoms. The first-order valence-electron chi connectivity index (χ1n) is 10.8. The summed E-state index contributed by atoms with van der Waals surface area (Å²) in [5.74, 6) is -0.231. The van der Waals surface area contributed by atoms with E-state index < -0.39 is 6.10 Å². The highest BCUT2D eigenvalue weighted by atomic mass is 16.6. The van der Waals surface area contributed by atoms with Crippen LogP contribution in [-0.4, -0.2) is 37.0 Å².